The highest BCUT2D eigenvalue weighted by atomic mass is 16.4. The fraction of sp³-hybridized carbons (Fsp3) is 0.867. The molecule has 0 spiro atoms. The second-order valence-corrected chi connectivity index (χ2v) is 14.1. The van der Waals surface area contributed by atoms with Gasteiger partial charge in [0.05, 0.1) is 17.1 Å². The Morgan fingerprint density at radius 2 is 1.66 bits per heavy atom. The molecule has 198 valence electrons. The number of carbonyl (C=O) groups is 2. The standard InChI is InChI=1S/C30H48O5/c1-18(8-11-24(32)27(4,5)35)19-13-17-30(25(33)34)21-9-10-22-26(2,3)23(31)14-15-28(22,6)20(21)12-16-29(19,30)7/h18-19,22,24,32,35H,8-17H2,1-7H3,(H,33,34)/t18-,19-,22+,24-,28-,29-,30+/m1/s1. The number of hydrogen-bond acceptors (Lipinski definition) is 4. The van der Waals surface area contributed by atoms with E-state index in [4.69, 9.17) is 0 Å². The zero-order valence-corrected chi connectivity index (χ0v) is 23.0. The van der Waals surface area contributed by atoms with Crippen LogP contribution in [0.4, 0.5) is 0 Å². The molecule has 3 N–H and O–H groups in total. The van der Waals surface area contributed by atoms with Crippen molar-refractivity contribution in [2.75, 3.05) is 0 Å². The van der Waals surface area contributed by atoms with E-state index in [-0.39, 0.29) is 34.0 Å². The minimum Gasteiger partial charge on any atom is -0.481 e. The summed E-state index contributed by atoms with van der Waals surface area (Å²) in [7, 11) is 0. The maximum absolute atomic E-state index is 13.3. The summed E-state index contributed by atoms with van der Waals surface area (Å²) in [5.74, 6) is 0.534. The number of carboxylic acids is 1. The smallest absolute Gasteiger partial charge is 0.314 e. The van der Waals surface area contributed by atoms with Gasteiger partial charge in [-0.05, 0) is 100 Å². The van der Waals surface area contributed by atoms with Gasteiger partial charge in [0.2, 0.25) is 0 Å². The first-order valence-corrected chi connectivity index (χ1v) is 13.9. The van der Waals surface area contributed by atoms with Crippen LogP contribution in [0.2, 0.25) is 0 Å². The van der Waals surface area contributed by atoms with Crippen LogP contribution >= 0.6 is 0 Å². The summed E-state index contributed by atoms with van der Waals surface area (Å²) >= 11 is 0. The van der Waals surface area contributed by atoms with E-state index in [1.54, 1.807) is 13.8 Å². The highest BCUT2D eigenvalue weighted by Crippen LogP contribution is 2.72. The minimum absolute atomic E-state index is 0.0880. The third-order valence-electron chi connectivity index (χ3n) is 11.8. The monoisotopic (exact) mass is 488 g/mol. The molecule has 5 nitrogen and oxygen atoms in total. The number of rotatable bonds is 6. The van der Waals surface area contributed by atoms with Crippen LogP contribution < -0.4 is 0 Å². The first-order valence-electron chi connectivity index (χ1n) is 13.9. The van der Waals surface area contributed by atoms with Crippen molar-refractivity contribution in [1.82, 2.24) is 0 Å². The second-order valence-electron chi connectivity index (χ2n) is 14.1. The van der Waals surface area contributed by atoms with E-state index in [0.29, 0.717) is 25.0 Å². The molecule has 0 radical (unpaired) electrons. The molecule has 4 aliphatic carbocycles. The highest BCUT2D eigenvalue weighted by Gasteiger charge is 2.68. The van der Waals surface area contributed by atoms with Gasteiger partial charge in [0.15, 0.2) is 0 Å². The maximum Gasteiger partial charge on any atom is 0.314 e. The Morgan fingerprint density at radius 3 is 2.26 bits per heavy atom. The van der Waals surface area contributed by atoms with Crippen molar-refractivity contribution in [3.8, 4) is 0 Å². The summed E-state index contributed by atoms with van der Waals surface area (Å²) in [5, 5.41) is 31.4. The molecule has 5 heteroatoms. The number of aliphatic carboxylic acids is 1. The van der Waals surface area contributed by atoms with Crippen LogP contribution in [-0.2, 0) is 9.59 Å². The predicted octanol–water partition coefficient (Wildman–Crippen LogP) is 5.92. The van der Waals surface area contributed by atoms with E-state index in [9.17, 15) is 24.9 Å². The van der Waals surface area contributed by atoms with Gasteiger partial charge in [-0.2, -0.15) is 0 Å². The number of fused-ring (bicyclic) bond motifs is 4. The Hall–Kier alpha value is -1.20. The van der Waals surface area contributed by atoms with Gasteiger partial charge in [-0.1, -0.05) is 45.8 Å². The molecule has 0 aromatic rings. The Kier molecular flexibility index (Phi) is 6.45. The van der Waals surface area contributed by atoms with Gasteiger partial charge in [-0.3, -0.25) is 9.59 Å². The van der Waals surface area contributed by atoms with Gasteiger partial charge in [-0.25, -0.2) is 0 Å². The van der Waals surface area contributed by atoms with Gasteiger partial charge in [-0.15, -0.1) is 0 Å². The van der Waals surface area contributed by atoms with Crippen LogP contribution in [0.25, 0.3) is 0 Å². The van der Waals surface area contributed by atoms with Crippen LogP contribution in [0.3, 0.4) is 0 Å². The van der Waals surface area contributed by atoms with Crippen molar-refractivity contribution in [2.24, 2.45) is 39.4 Å². The molecule has 4 rings (SSSR count). The fourth-order valence-electron chi connectivity index (χ4n) is 9.53. The first-order chi connectivity index (χ1) is 16.0. The average molecular weight is 489 g/mol. The molecule has 0 heterocycles. The molecular formula is C30H48O5. The minimum atomic E-state index is -1.13. The quantitative estimate of drug-likeness (QED) is 0.404. The predicted molar refractivity (Wildman–Crippen MR) is 137 cm³/mol. The molecule has 0 amide bonds. The van der Waals surface area contributed by atoms with E-state index >= 15 is 0 Å². The lowest BCUT2D eigenvalue weighted by Crippen LogP contribution is -2.56. The van der Waals surface area contributed by atoms with E-state index in [2.05, 4.69) is 34.6 Å². The van der Waals surface area contributed by atoms with Crippen LogP contribution in [0.5, 0.6) is 0 Å². The summed E-state index contributed by atoms with van der Waals surface area (Å²) in [6, 6.07) is 0. The molecule has 2 saturated carbocycles. The van der Waals surface area contributed by atoms with Crippen LogP contribution in [0.15, 0.2) is 11.1 Å². The summed E-state index contributed by atoms with van der Waals surface area (Å²) in [6.07, 6.45) is 7.05. The van der Waals surface area contributed by atoms with Crippen LogP contribution in [-0.4, -0.2) is 38.8 Å². The van der Waals surface area contributed by atoms with E-state index < -0.39 is 23.1 Å². The first kappa shape index (κ1) is 26.9. The maximum atomic E-state index is 13.3. The van der Waals surface area contributed by atoms with Gasteiger partial charge in [0.1, 0.15) is 5.78 Å². The van der Waals surface area contributed by atoms with Crippen molar-refractivity contribution in [3.63, 3.8) is 0 Å². The van der Waals surface area contributed by atoms with E-state index in [1.165, 1.54) is 11.1 Å². The molecular weight excluding hydrogens is 440 g/mol. The van der Waals surface area contributed by atoms with Crippen molar-refractivity contribution in [2.45, 2.75) is 124 Å². The van der Waals surface area contributed by atoms with Crippen molar-refractivity contribution >= 4 is 11.8 Å². The lowest BCUT2D eigenvalue weighted by atomic mass is 9.43. The number of hydrogen-bond donors (Lipinski definition) is 3. The third-order valence-corrected chi connectivity index (χ3v) is 11.8. The largest absolute Gasteiger partial charge is 0.481 e. The van der Waals surface area contributed by atoms with Crippen LogP contribution in [0.1, 0.15) is 113 Å². The van der Waals surface area contributed by atoms with Gasteiger partial charge >= 0.3 is 5.97 Å². The fourth-order valence-corrected chi connectivity index (χ4v) is 9.53. The number of carboxylic acid groups (broad SMARTS) is 1. The number of ketones is 1. The van der Waals surface area contributed by atoms with Gasteiger partial charge < -0.3 is 15.3 Å². The molecule has 4 aliphatic rings. The normalized spacial score (nSPS) is 40.5. The Morgan fingerprint density at radius 1 is 1.00 bits per heavy atom. The number of Topliss-reactive ketones (excluding diaryl/α,β-unsaturated/α-hetero) is 1. The van der Waals surface area contributed by atoms with Crippen molar-refractivity contribution in [1.29, 1.82) is 0 Å². The molecule has 0 bridgehead atoms. The lowest BCUT2D eigenvalue weighted by molar-refractivity contribution is -0.157. The number of allylic oxidation sites excluding steroid dienone is 1. The Bertz CT molecular complexity index is 926. The number of aliphatic hydroxyl groups is 2. The summed E-state index contributed by atoms with van der Waals surface area (Å²) in [6.45, 7) is 14.3. The SMILES string of the molecule is C[C@H](CC[C@@H](O)C(C)(C)O)[C@H]1CC[C@@]2(C(=O)O)C3=C(CC[C@]12C)[C@@]1(C)CCC(=O)C(C)(C)[C@@H]1CC3. The third kappa shape index (κ3) is 3.69. The molecule has 0 saturated heterocycles. The van der Waals surface area contributed by atoms with E-state index in [1.807, 2.05) is 0 Å². The lowest BCUT2D eigenvalue weighted by Gasteiger charge is -2.60. The Labute approximate surface area is 211 Å². The highest BCUT2D eigenvalue weighted by molar-refractivity contribution is 5.86. The topological polar surface area (TPSA) is 94.8 Å². The molecule has 0 aromatic carbocycles. The molecule has 35 heavy (non-hydrogen) atoms. The number of aliphatic hydroxyl groups excluding tert-OH is 1. The summed E-state index contributed by atoms with van der Waals surface area (Å²) in [5.41, 5.74) is -0.133. The van der Waals surface area contributed by atoms with E-state index in [0.717, 1.165) is 44.9 Å². The molecule has 0 unspecified atom stereocenters. The zero-order chi connectivity index (χ0) is 26.2. The molecule has 2 fully saturated rings. The zero-order valence-electron chi connectivity index (χ0n) is 23.0. The second kappa shape index (κ2) is 8.41. The molecule has 7 atom stereocenters. The van der Waals surface area contributed by atoms with Crippen molar-refractivity contribution < 1.29 is 24.9 Å². The Balaban J connectivity index is 1.70. The number of carbonyl (C=O) groups excluding carboxylic acids is 1. The average Bonchev–Trinajstić information content (AvgIpc) is 3.08. The summed E-state index contributed by atoms with van der Waals surface area (Å²) < 4.78 is 0. The molecule has 0 aliphatic heterocycles. The molecule has 0 aromatic heterocycles. The van der Waals surface area contributed by atoms with Gasteiger partial charge in [0, 0.05) is 11.8 Å². The summed E-state index contributed by atoms with van der Waals surface area (Å²) in [4.78, 5) is 26.1. The van der Waals surface area contributed by atoms with Gasteiger partial charge in [0.25, 0.3) is 0 Å². The van der Waals surface area contributed by atoms with Crippen molar-refractivity contribution in [3.05, 3.63) is 11.1 Å². The van der Waals surface area contributed by atoms with Crippen LogP contribution in [0, 0.1) is 39.4 Å².